The van der Waals surface area contributed by atoms with Gasteiger partial charge in [0.15, 0.2) is 0 Å². The monoisotopic (exact) mass is 249 g/mol. The van der Waals surface area contributed by atoms with E-state index in [2.05, 4.69) is 77.9 Å². The maximum Gasteiger partial charge on any atom is 0.0245 e. The van der Waals surface area contributed by atoms with E-state index in [1.807, 2.05) is 6.08 Å². The average Bonchev–Trinajstić information content (AvgIpc) is 2.47. The zero-order chi connectivity index (χ0) is 13.3. The molecule has 0 saturated carbocycles. The van der Waals surface area contributed by atoms with Crippen LogP contribution in [0.15, 0.2) is 79.0 Å². The molecule has 1 heteroatoms. The Hall–Kier alpha value is -2.08. The smallest absolute Gasteiger partial charge is 0.0245 e. The Morgan fingerprint density at radius 1 is 0.842 bits per heavy atom. The maximum absolute atomic E-state index is 3.64. The number of hydrogen-bond acceptors (Lipinski definition) is 1. The minimum absolute atomic E-state index is 0.868. The van der Waals surface area contributed by atoms with E-state index in [0.717, 1.165) is 19.6 Å². The highest BCUT2D eigenvalue weighted by Crippen LogP contribution is 2.09. The first kappa shape index (κ1) is 13.4. The Kier molecular flexibility index (Phi) is 5.18. The summed E-state index contributed by atoms with van der Waals surface area (Å²) >= 11 is 0. The van der Waals surface area contributed by atoms with E-state index in [9.17, 15) is 0 Å². The maximum atomic E-state index is 3.64. The summed E-state index contributed by atoms with van der Waals surface area (Å²) in [6.45, 7) is 6.38. The van der Waals surface area contributed by atoms with Crippen molar-refractivity contribution in [3.05, 3.63) is 90.2 Å². The van der Waals surface area contributed by atoms with Crippen LogP contribution in [0.5, 0.6) is 0 Å². The first-order valence-electron chi connectivity index (χ1n) is 6.53. The van der Waals surface area contributed by atoms with E-state index in [-0.39, 0.29) is 0 Å². The topological polar surface area (TPSA) is 3.24 Å². The molecule has 0 saturated heterocycles. The number of rotatable bonds is 6. The third kappa shape index (κ3) is 4.59. The van der Waals surface area contributed by atoms with Gasteiger partial charge in [0, 0.05) is 19.6 Å². The zero-order valence-corrected chi connectivity index (χ0v) is 11.1. The van der Waals surface area contributed by atoms with Gasteiger partial charge in [-0.2, -0.15) is 0 Å². The zero-order valence-electron chi connectivity index (χ0n) is 11.1. The van der Waals surface area contributed by atoms with Crippen LogP contribution in [0.4, 0.5) is 0 Å². The molecule has 0 atom stereocenters. The van der Waals surface area contributed by atoms with Crippen molar-refractivity contribution >= 4 is 0 Å². The molecule has 0 bridgehead atoms. The lowest BCUT2D eigenvalue weighted by atomic mass is 10.1. The van der Waals surface area contributed by atoms with Gasteiger partial charge in [-0.15, -0.1) is 5.73 Å². The predicted molar refractivity (Wildman–Crippen MR) is 80.7 cm³/mol. The molecule has 0 N–H and O–H groups in total. The third-order valence-electron chi connectivity index (χ3n) is 2.99. The van der Waals surface area contributed by atoms with E-state index < -0.39 is 0 Å². The Balaban J connectivity index is 2.05. The molecular weight excluding hydrogens is 230 g/mol. The van der Waals surface area contributed by atoms with Crippen molar-refractivity contribution in [3.8, 4) is 0 Å². The molecule has 0 aliphatic carbocycles. The summed E-state index contributed by atoms with van der Waals surface area (Å²) in [4.78, 5) is 2.38. The fraction of sp³-hybridized carbons (Fsp3) is 0.167. The molecule has 96 valence electrons. The Morgan fingerprint density at radius 3 is 1.74 bits per heavy atom. The van der Waals surface area contributed by atoms with Gasteiger partial charge in [-0.05, 0) is 17.2 Å². The van der Waals surface area contributed by atoms with Crippen molar-refractivity contribution in [2.75, 3.05) is 6.54 Å². The SMILES string of the molecule is C=C=CCN(Cc1ccccc1)Cc1ccccc1. The van der Waals surface area contributed by atoms with Gasteiger partial charge < -0.3 is 0 Å². The lowest BCUT2D eigenvalue weighted by Gasteiger charge is -2.20. The Bertz CT molecular complexity index is 483. The Labute approximate surface area is 115 Å². The first-order chi connectivity index (χ1) is 9.38. The number of nitrogens with zero attached hydrogens (tertiary/aromatic N) is 1. The van der Waals surface area contributed by atoms with Crippen LogP contribution in [0, 0.1) is 0 Å². The van der Waals surface area contributed by atoms with Gasteiger partial charge in [0.05, 0.1) is 0 Å². The number of benzene rings is 2. The summed E-state index contributed by atoms with van der Waals surface area (Å²) in [6, 6.07) is 21.1. The van der Waals surface area contributed by atoms with Crippen molar-refractivity contribution in [1.29, 1.82) is 0 Å². The summed E-state index contributed by atoms with van der Waals surface area (Å²) in [5.74, 6) is 0. The van der Waals surface area contributed by atoms with Crippen molar-refractivity contribution in [1.82, 2.24) is 4.90 Å². The van der Waals surface area contributed by atoms with Crippen LogP contribution in [0.25, 0.3) is 0 Å². The van der Waals surface area contributed by atoms with Gasteiger partial charge in [-0.1, -0.05) is 67.2 Å². The molecule has 2 rings (SSSR count). The van der Waals surface area contributed by atoms with E-state index in [4.69, 9.17) is 0 Å². The van der Waals surface area contributed by atoms with Crippen LogP contribution in [-0.2, 0) is 13.1 Å². The molecule has 0 fully saturated rings. The first-order valence-corrected chi connectivity index (χ1v) is 6.53. The van der Waals surface area contributed by atoms with Crippen molar-refractivity contribution < 1.29 is 0 Å². The summed E-state index contributed by atoms with van der Waals surface area (Å²) in [5, 5.41) is 0. The van der Waals surface area contributed by atoms with Crippen LogP contribution in [0.1, 0.15) is 11.1 Å². The van der Waals surface area contributed by atoms with E-state index in [0.29, 0.717) is 0 Å². The normalized spacial score (nSPS) is 10.2. The van der Waals surface area contributed by atoms with Gasteiger partial charge in [0.2, 0.25) is 0 Å². The van der Waals surface area contributed by atoms with Crippen molar-refractivity contribution in [2.24, 2.45) is 0 Å². The standard InChI is InChI=1S/C18H19N/c1-2-3-14-19(15-17-10-6-4-7-11-17)16-18-12-8-5-9-13-18/h3-13H,1,14-16H2. The second-order valence-corrected chi connectivity index (χ2v) is 4.55. The lowest BCUT2D eigenvalue weighted by Crippen LogP contribution is -2.22. The summed E-state index contributed by atoms with van der Waals surface area (Å²) < 4.78 is 0. The molecule has 2 aromatic rings. The van der Waals surface area contributed by atoms with Crippen LogP contribution in [-0.4, -0.2) is 11.4 Å². The predicted octanol–water partition coefficient (Wildman–Crippen LogP) is 4.03. The highest BCUT2D eigenvalue weighted by atomic mass is 15.1. The molecule has 2 aromatic carbocycles. The lowest BCUT2D eigenvalue weighted by molar-refractivity contribution is 0.286. The van der Waals surface area contributed by atoms with E-state index in [1.54, 1.807) is 0 Å². The second-order valence-electron chi connectivity index (χ2n) is 4.55. The van der Waals surface area contributed by atoms with Crippen LogP contribution in [0.2, 0.25) is 0 Å². The number of hydrogen-bond donors (Lipinski definition) is 0. The summed E-state index contributed by atoms with van der Waals surface area (Å²) in [5.41, 5.74) is 5.51. The van der Waals surface area contributed by atoms with Gasteiger partial charge >= 0.3 is 0 Å². The minimum Gasteiger partial charge on any atom is -0.291 e. The van der Waals surface area contributed by atoms with Crippen LogP contribution < -0.4 is 0 Å². The molecule has 0 unspecified atom stereocenters. The molecule has 0 aliphatic rings. The highest BCUT2D eigenvalue weighted by molar-refractivity contribution is 5.17. The summed E-state index contributed by atoms with van der Waals surface area (Å²) in [7, 11) is 0. The third-order valence-corrected chi connectivity index (χ3v) is 2.99. The molecular formula is C18H19N. The molecule has 0 spiro atoms. The molecule has 0 aliphatic heterocycles. The molecule has 0 radical (unpaired) electrons. The molecule has 0 aromatic heterocycles. The summed E-state index contributed by atoms with van der Waals surface area (Å²) in [6.07, 6.45) is 1.98. The Morgan fingerprint density at radius 2 is 1.32 bits per heavy atom. The van der Waals surface area contributed by atoms with Crippen molar-refractivity contribution in [2.45, 2.75) is 13.1 Å². The fourth-order valence-electron chi connectivity index (χ4n) is 2.06. The largest absolute Gasteiger partial charge is 0.291 e. The highest BCUT2D eigenvalue weighted by Gasteiger charge is 2.05. The van der Waals surface area contributed by atoms with Crippen molar-refractivity contribution in [3.63, 3.8) is 0 Å². The van der Waals surface area contributed by atoms with Gasteiger partial charge in [0.25, 0.3) is 0 Å². The molecule has 1 nitrogen and oxygen atoms in total. The van der Waals surface area contributed by atoms with Gasteiger partial charge in [-0.3, -0.25) is 4.90 Å². The quantitative estimate of drug-likeness (QED) is 0.699. The van der Waals surface area contributed by atoms with Crippen LogP contribution >= 0.6 is 0 Å². The minimum atomic E-state index is 0.868. The second kappa shape index (κ2) is 7.38. The molecule has 19 heavy (non-hydrogen) atoms. The average molecular weight is 249 g/mol. The molecule has 0 heterocycles. The van der Waals surface area contributed by atoms with E-state index in [1.165, 1.54) is 11.1 Å². The van der Waals surface area contributed by atoms with Crippen LogP contribution in [0.3, 0.4) is 0 Å². The van der Waals surface area contributed by atoms with Gasteiger partial charge in [0.1, 0.15) is 0 Å². The van der Waals surface area contributed by atoms with E-state index >= 15 is 0 Å². The molecule has 0 amide bonds. The fourth-order valence-corrected chi connectivity index (χ4v) is 2.06. The van der Waals surface area contributed by atoms with Gasteiger partial charge in [-0.25, -0.2) is 0 Å².